The van der Waals surface area contributed by atoms with Crippen LogP contribution in [0.15, 0.2) is 53.5 Å². The van der Waals surface area contributed by atoms with Crippen LogP contribution in [0.1, 0.15) is 62.0 Å². The number of carbonyl (C=O) groups is 3. The predicted molar refractivity (Wildman–Crippen MR) is 135 cm³/mol. The molecule has 0 saturated carbocycles. The molecule has 2 heterocycles. The molecule has 0 unspecified atom stereocenters. The molecule has 2 aromatic carbocycles. The van der Waals surface area contributed by atoms with E-state index >= 15 is 0 Å². The summed E-state index contributed by atoms with van der Waals surface area (Å²) in [6.45, 7) is 9.45. The second-order valence-corrected chi connectivity index (χ2v) is 9.99. The Labute approximate surface area is 205 Å². The van der Waals surface area contributed by atoms with Crippen molar-refractivity contribution in [2.45, 2.75) is 51.6 Å². The molecule has 3 amide bonds. The van der Waals surface area contributed by atoms with Crippen molar-refractivity contribution < 1.29 is 19.1 Å². The van der Waals surface area contributed by atoms with Crippen LogP contribution in [-0.4, -0.2) is 53.9 Å². The van der Waals surface area contributed by atoms with Gasteiger partial charge in [0.25, 0.3) is 5.91 Å². The zero-order chi connectivity index (χ0) is 25.2. The SMILES string of the molecule is CCOC(=O)c1ccc(NC(=O)N2CCC3(CC2)N=C(c2ccc(C(C)(C)C)cc2)C(=O)N3)cc1. The fourth-order valence-electron chi connectivity index (χ4n) is 4.31. The summed E-state index contributed by atoms with van der Waals surface area (Å²) in [7, 11) is 0. The van der Waals surface area contributed by atoms with Crippen molar-refractivity contribution >= 4 is 29.3 Å². The van der Waals surface area contributed by atoms with Gasteiger partial charge in [0.2, 0.25) is 0 Å². The maximum Gasteiger partial charge on any atom is 0.338 e. The van der Waals surface area contributed by atoms with E-state index in [0.29, 0.717) is 49.5 Å². The quantitative estimate of drug-likeness (QED) is 0.649. The molecule has 4 rings (SSSR count). The van der Waals surface area contributed by atoms with Crippen LogP contribution in [0.3, 0.4) is 0 Å². The Balaban J connectivity index is 1.37. The molecule has 0 bridgehead atoms. The van der Waals surface area contributed by atoms with Crippen LogP contribution < -0.4 is 10.6 Å². The average molecular weight is 477 g/mol. The van der Waals surface area contributed by atoms with Crippen LogP contribution in [0.4, 0.5) is 10.5 Å². The molecular formula is C27H32N4O4. The number of anilines is 1. The van der Waals surface area contributed by atoms with Gasteiger partial charge >= 0.3 is 12.0 Å². The van der Waals surface area contributed by atoms with Gasteiger partial charge in [-0.05, 0) is 42.2 Å². The van der Waals surface area contributed by atoms with Crippen LogP contribution in [0.2, 0.25) is 0 Å². The highest BCUT2D eigenvalue weighted by Gasteiger charge is 2.43. The maximum atomic E-state index is 12.8. The number of hydrogen-bond donors (Lipinski definition) is 2. The number of aliphatic imine (C=N–C) groups is 1. The summed E-state index contributed by atoms with van der Waals surface area (Å²) in [4.78, 5) is 43.8. The highest BCUT2D eigenvalue weighted by molar-refractivity contribution is 6.46. The van der Waals surface area contributed by atoms with E-state index in [0.717, 1.165) is 5.56 Å². The van der Waals surface area contributed by atoms with Crippen molar-refractivity contribution in [1.29, 1.82) is 0 Å². The summed E-state index contributed by atoms with van der Waals surface area (Å²) in [6.07, 6.45) is 1.08. The number of hydrogen-bond acceptors (Lipinski definition) is 5. The second kappa shape index (κ2) is 9.52. The number of ether oxygens (including phenoxy) is 1. The Hall–Kier alpha value is -3.68. The molecule has 0 aromatic heterocycles. The second-order valence-electron chi connectivity index (χ2n) is 9.99. The van der Waals surface area contributed by atoms with Crippen molar-refractivity contribution in [3.8, 4) is 0 Å². The Morgan fingerprint density at radius 2 is 1.69 bits per heavy atom. The molecule has 35 heavy (non-hydrogen) atoms. The molecule has 1 spiro atoms. The molecule has 184 valence electrons. The van der Waals surface area contributed by atoms with Gasteiger partial charge in [0.05, 0.1) is 12.2 Å². The molecule has 8 nitrogen and oxygen atoms in total. The van der Waals surface area contributed by atoms with Gasteiger partial charge in [-0.25, -0.2) is 9.59 Å². The topological polar surface area (TPSA) is 100 Å². The van der Waals surface area contributed by atoms with Crippen LogP contribution in [0.25, 0.3) is 0 Å². The van der Waals surface area contributed by atoms with Gasteiger partial charge in [0.15, 0.2) is 0 Å². The van der Waals surface area contributed by atoms with Crippen molar-refractivity contribution in [3.05, 3.63) is 65.2 Å². The molecule has 2 N–H and O–H groups in total. The smallest absolute Gasteiger partial charge is 0.338 e. The van der Waals surface area contributed by atoms with E-state index in [4.69, 9.17) is 9.73 Å². The molecular weight excluding hydrogens is 444 g/mol. The van der Waals surface area contributed by atoms with E-state index in [1.165, 1.54) is 5.56 Å². The highest BCUT2D eigenvalue weighted by Crippen LogP contribution is 2.30. The van der Waals surface area contributed by atoms with E-state index in [1.54, 1.807) is 36.1 Å². The summed E-state index contributed by atoms with van der Waals surface area (Å²) in [5.74, 6) is -0.566. The lowest BCUT2D eigenvalue weighted by Gasteiger charge is -2.37. The van der Waals surface area contributed by atoms with E-state index in [2.05, 4.69) is 31.4 Å². The minimum atomic E-state index is -0.673. The van der Waals surface area contributed by atoms with Crippen LogP contribution in [0, 0.1) is 0 Å². The van der Waals surface area contributed by atoms with Crippen molar-refractivity contribution in [2.24, 2.45) is 4.99 Å². The standard InChI is InChI=1S/C27H32N4O4/c1-5-35-24(33)19-8-12-21(13-9-19)28-25(34)31-16-14-27(15-17-31)29-22(23(32)30-27)18-6-10-20(11-7-18)26(2,3)4/h6-13H,5,14-17H2,1-4H3,(H,28,34)(H,30,32). The third kappa shape index (κ3) is 5.37. The number of carbonyl (C=O) groups excluding carboxylic acids is 3. The van der Waals surface area contributed by atoms with Gasteiger partial charge in [0.1, 0.15) is 11.4 Å². The Morgan fingerprint density at radius 3 is 2.26 bits per heavy atom. The summed E-state index contributed by atoms with van der Waals surface area (Å²) in [5.41, 5.74) is 2.84. The Kier molecular flexibility index (Phi) is 6.65. The summed E-state index contributed by atoms with van der Waals surface area (Å²) in [5, 5.41) is 5.92. The average Bonchev–Trinajstić information content (AvgIpc) is 3.15. The van der Waals surface area contributed by atoms with Crippen LogP contribution in [0.5, 0.6) is 0 Å². The lowest BCUT2D eigenvalue weighted by molar-refractivity contribution is -0.115. The third-order valence-electron chi connectivity index (χ3n) is 6.44. The molecule has 2 aromatic rings. The maximum absolute atomic E-state index is 12.8. The lowest BCUT2D eigenvalue weighted by Crippen LogP contribution is -2.53. The van der Waals surface area contributed by atoms with Crippen LogP contribution >= 0.6 is 0 Å². The molecule has 2 aliphatic heterocycles. The summed E-state index contributed by atoms with van der Waals surface area (Å²) < 4.78 is 4.98. The van der Waals surface area contributed by atoms with Gasteiger partial charge in [-0.2, -0.15) is 0 Å². The minimum Gasteiger partial charge on any atom is -0.462 e. The van der Waals surface area contributed by atoms with Gasteiger partial charge in [-0.15, -0.1) is 0 Å². The largest absolute Gasteiger partial charge is 0.462 e. The number of urea groups is 1. The van der Waals surface area contributed by atoms with Crippen LogP contribution in [-0.2, 0) is 14.9 Å². The van der Waals surface area contributed by atoms with Crippen molar-refractivity contribution in [2.75, 3.05) is 25.0 Å². The van der Waals surface area contributed by atoms with Crippen molar-refractivity contribution in [1.82, 2.24) is 10.2 Å². The van der Waals surface area contributed by atoms with Gasteiger partial charge in [-0.3, -0.25) is 9.79 Å². The molecule has 1 fully saturated rings. The first kappa shape index (κ1) is 24.4. The normalized spacial score (nSPS) is 17.1. The number of esters is 1. The molecule has 1 saturated heterocycles. The fourth-order valence-corrected chi connectivity index (χ4v) is 4.31. The summed E-state index contributed by atoms with van der Waals surface area (Å²) in [6, 6.07) is 14.4. The zero-order valence-electron chi connectivity index (χ0n) is 20.7. The molecule has 0 aliphatic carbocycles. The molecule has 8 heteroatoms. The zero-order valence-corrected chi connectivity index (χ0v) is 20.7. The Bertz CT molecular complexity index is 1140. The van der Waals surface area contributed by atoms with E-state index in [9.17, 15) is 14.4 Å². The Morgan fingerprint density at radius 1 is 1.06 bits per heavy atom. The lowest BCUT2D eigenvalue weighted by atomic mass is 9.86. The van der Waals surface area contributed by atoms with Gasteiger partial charge < -0.3 is 20.3 Å². The highest BCUT2D eigenvalue weighted by atomic mass is 16.5. The number of amides is 3. The number of rotatable bonds is 4. The van der Waals surface area contributed by atoms with E-state index in [-0.39, 0.29) is 17.4 Å². The first-order valence-corrected chi connectivity index (χ1v) is 12.0. The third-order valence-corrected chi connectivity index (χ3v) is 6.44. The first-order chi connectivity index (χ1) is 16.6. The molecule has 0 atom stereocenters. The number of nitrogens with zero attached hydrogens (tertiary/aromatic N) is 2. The minimum absolute atomic E-state index is 0.0375. The van der Waals surface area contributed by atoms with Gasteiger partial charge in [-0.1, -0.05) is 45.0 Å². The molecule has 2 aliphatic rings. The number of likely N-dealkylation sites (tertiary alicyclic amines) is 1. The molecule has 0 radical (unpaired) electrons. The number of benzene rings is 2. The fraction of sp³-hybridized carbons (Fsp3) is 0.407. The monoisotopic (exact) mass is 476 g/mol. The van der Waals surface area contributed by atoms with E-state index < -0.39 is 11.6 Å². The van der Waals surface area contributed by atoms with Gasteiger partial charge in [0, 0.05) is 37.2 Å². The predicted octanol–water partition coefficient (Wildman–Crippen LogP) is 4.10. The van der Waals surface area contributed by atoms with E-state index in [1.807, 2.05) is 24.3 Å². The number of nitrogens with one attached hydrogen (secondary N) is 2. The number of piperidine rings is 1. The summed E-state index contributed by atoms with van der Waals surface area (Å²) >= 11 is 0. The first-order valence-electron chi connectivity index (χ1n) is 12.0. The van der Waals surface area contributed by atoms with Crippen molar-refractivity contribution in [3.63, 3.8) is 0 Å².